The molecule has 2 aromatic carbocycles. The van der Waals surface area contributed by atoms with Crippen molar-refractivity contribution in [3.8, 4) is 16.9 Å². The molecule has 0 heterocycles. The highest BCUT2D eigenvalue weighted by atomic mass is 16.5. The van der Waals surface area contributed by atoms with Crippen molar-refractivity contribution in [3.05, 3.63) is 54.1 Å². The van der Waals surface area contributed by atoms with Crippen molar-refractivity contribution in [1.82, 2.24) is 5.32 Å². The first kappa shape index (κ1) is 16.5. The van der Waals surface area contributed by atoms with Crippen LogP contribution in [0.4, 0.5) is 0 Å². The molecule has 0 spiro atoms. The fourth-order valence-corrected chi connectivity index (χ4v) is 2.48. The van der Waals surface area contributed by atoms with Crippen LogP contribution in [0.15, 0.2) is 48.5 Å². The number of ether oxygens (including phenoxy) is 1. The quantitative estimate of drug-likeness (QED) is 0.782. The molecule has 0 fully saturated rings. The van der Waals surface area contributed by atoms with E-state index in [0.29, 0.717) is 6.04 Å². The molecule has 2 rings (SSSR count). The number of rotatable bonds is 8. The lowest BCUT2D eigenvalue weighted by atomic mass is 10.0. The maximum Gasteiger partial charge on any atom is 0.126 e. The molecule has 0 amide bonds. The highest BCUT2D eigenvalue weighted by Gasteiger charge is 2.05. The van der Waals surface area contributed by atoms with Gasteiger partial charge >= 0.3 is 0 Å². The van der Waals surface area contributed by atoms with Gasteiger partial charge in [0.25, 0.3) is 0 Å². The number of methoxy groups -OCH3 is 1. The van der Waals surface area contributed by atoms with Gasteiger partial charge in [0.15, 0.2) is 0 Å². The van der Waals surface area contributed by atoms with E-state index in [1.165, 1.54) is 5.56 Å². The standard InChI is InChI=1S/C19H25NO2/c1-15(6-5-13-21)20-14-16-9-11-17(12-10-16)18-7-3-4-8-19(18)22-2/h3-4,7-12,15,20-21H,5-6,13-14H2,1-2H3. The summed E-state index contributed by atoms with van der Waals surface area (Å²) in [7, 11) is 1.70. The summed E-state index contributed by atoms with van der Waals surface area (Å²) in [5.41, 5.74) is 3.53. The maximum atomic E-state index is 8.84. The average molecular weight is 299 g/mol. The number of hydrogen-bond acceptors (Lipinski definition) is 3. The summed E-state index contributed by atoms with van der Waals surface area (Å²) >= 11 is 0. The molecule has 3 nitrogen and oxygen atoms in total. The van der Waals surface area contributed by atoms with Crippen molar-refractivity contribution in [3.63, 3.8) is 0 Å². The van der Waals surface area contributed by atoms with E-state index >= 15 is 0 Å². The van der Waals surface area contributed by atoms with Crippen LogP contribution in [0.3, 0.4) is 0 Å². The lowest BCUT2D eigenvalue weighted by Gasteiger charge is -2.13. The van der Waals surface area contributed by atoms with E-state index in [1.54, 1.807) is 7.11 Å². The van der Waals surface area contributed by atoms with Gasteiger partial charge in [0.1, 0.15) is 5.75 Å². The van der Waals surface area contributed by atoms with Crippen LogP contribution in [0.1, 0.15) is 25.3 Å². The van der Waals surface area contributed by atoms with Gasteiger partial charge in [0.05, 0.1) is 7.11 Å². The summed E-state index contributed by atoms with van der Waals surface area (Å²) in [6.45, 7) is 3.26. The highest BCUT2D eigenvalue weighted by Crippen LogP contribution is 2.29. The van der Waals surface area contributed by atoms with Gasteiger partial charge in [-0.3, -0.25) is 0 Å². The molecule has 0 aromatic heterocycles. The Bertz CT molecular complexity index is 566. The van der Waals surface area contributed by atoms with Crippen LogP contribution in [0.25, 0.3) is 11.1 Å². The zero-order chi connectivity index (χ0) is 15.8. The molecule has 0 aliphatic rings. The number of nitrogens with one attached hydrogen (secondary N) is 1. The molecule has 2 aromatic rings. The van der Waals surface area contributed by atoms with Crippen LogP contribution in [-0.2, 0) is 6.54 Å². The van der Waals surface area contributed by atoms with Gasteiger partial charge in [-0.1, -0.05) is 42.5 Å². The monoisotopic (exact) mass is 299 g/mol. The van der Waals surface area contributed by atoms with Crippen molar-refractivity contribution < 1.29 is 9.84 Å². The van der Waals surface area contributed by atoms with Crippen molar-refractivity contribution in [2.75, 3.05) is 13.7 Å². The zero-order valence-corrected chi connectivity index (χ0v) is 13.4. The van der Waals surface area contributed by atoms with E-state index in [0.717, 1.165) is 36.3 Å². The molecule has 2 N–H and O–H groups in total. The molecule has 0 saturated carbocycles. The summed E-state index contributed by atoms with van der Waals surface area (Å²) in [5, 5.41) is 12.3. The molecule has 0 saturated heterocycles. The van der Waals surface area contributed by atoms with Crippen LogP contribution in [0.2, 0.25) is 0 Å². The minimum Gasteiger partial charge on any atom is -0.496 e. The predicted molar refractivity (Wildman–Crippen MR) is 91.1 cm³/mol. The van der Waals surface area contributed by atoms with E-state index in [9.17, 15) is 0 Å². The first-order chi connectivity index (χ1) is 10.7. The second-order valence-corrected chi connectivity index (χ2v) is 5.54. The zero-order valence-electron chi connectivity index (χ0n) is 13.4. The number of hydrogen-bond donors (Lipinski definition) is 2. The normalized spacial score (nSPS) is 12.1. The molecular formula is C19H25NO2. The van der Waals surface area contributed by atoms with Gasteiger partial charge in [-0.15, -0.1) is 0 Å². The summed E-state index contributed by atoms with van der Waals surface area (Å²) in [6.07, 6.45) is 1.84. The minimum absolute atomic E-state index is 0.264. The summed E-state index contributed by atoms with van der Waals surface area (Å²) in [6, 6.07) is 17.0. The third-order valence-electron chi connectivity index (χ3n) is 3.82. The smallest absolute Gasteiger partial charge is 0.126 e. The van der Waals surface area contributed by atoms with Gasteiger partial charge in [0.2, 0.25) is 0 Å². The molecule has 118 valence electrons. The number of para-hydroxylation sites is 1. The lowest BCUT2D eigenvalue weighted by molar-refractivity contribution is 0.276. The molecule has 1 atom stereocenters. The number of aliphatic hydroxyl groups excluding tert-OH is 1. The van der Waals surface area contributed by atoms with Crippen LogP contribution < -0.4 is 10.1 Å². The molecule has 0 aliphatic heterocycles. The van der Waals surface area contributed by atoms with E-state index in [4.69, 9.17) is 9.84 Å². The molecule has 0 bridgehead atoms. The topological polar surface area (TPSA) is 41.5 Å². The van der Waals surface area contributed by atoms with Gasteiger partial charge in [-0.2, -0.15) is 0 Å². The van der Waals surface area contributed by atoms with Gasteiger partial charge in [-0.25, -0.2) is 0 Å². The Morgan fingerprint density at radius 1 is 1.09 bits per heavy atom. The molecule has 22 heavy (non-hydrogen) atoms. The second-order valence-electron chi connectivity index (χ2n) is 5.54. The highest BCUT2D eigenvalue weighted by molar-refractivity contribution is 5.70. The summed E-state index contributed by atoms with van der Waals surface area (Å²) < 4.78 is 5.41. The second kappa shape index (κ2) is 8.57. The van der Waals surface area contributed by atoms with Crippen molar-refractivity contribution in [1.29, 1.82) is 0 Å². The number of aliphatic hydroxyl groups is 1. The SMILES string of the molecule is COc1ccccc1-c1ccc(CNC(C)CCCO)cc1. The third-order valence-corrected chi connectivity index (χ3v) is 3.82. The Hall–Kier alpha value is -1.84. The Labute approximate surface area is 133 Å². The van der Waals surface area contributed by atoms with Crippen LogP contribution in [0, 0.1) is 0 Å². The Kier molecular flexibility index (Phi) is 6.44. The maximum absolute atomic E-state index is 8.84. The fraction of sp³-hybridized carbons (Fsp3) is 0.368. The number of benzene rings is 2. The fourth-order valence-electron chi connectivity index (χ4n) is 2.48. The van der Waals surface area contributed by atoms with Gasteiger partial charge < -0.3 is 15.2 Å². The van der Waals surface area contributed by atoms with Crippen molar-refractivity contribution in [2.45, 2.75) is 32.4 Å². The molecule has 0 aliphatic carbocycles. The van der Waals surface area contributed by atoms with Crippen molar-refractivity contribution in [2.24, 2.45) is 0 Å². The first-order valence-electron chi connectivity index (χ1n) is 7.81. The summed E-state index contributed by atoms with van der Waals surface area (Å²) in [4.78, 5) is 0. The third kappa shape index (κ3) is 4.58. The molecular weight excluding hydrogens is 274 g/mol. The first-order valence-corrected chi connectivity index (χ1v) is 7.81. The van der Waals surface area contributed by atoms with E-state index < -0.39 is 0 Å². The Balaban J connectivity index is 1.98. The van der Waals surface area contributed by atoms with E-state index in [1.807, 2.05) is 18.2 Å². The Morgan fingerprint density at radius 3 is 2.50 bits per heavy atom. The Morgan fingerprint density at radius 2 is 1.82 bits per heavy atom. The van der Waals surface area contributed by atoms with Crippen LogP contribution >= 0.6 is 0 Å². The van der Waals surface area contributed by atoms with E-state index in [-0.39, 0.29) is 6.61 Å². The molecule has 3 heteroatoms. The average Bonchev–Trinajstić information content (AvgIpc) is 2.58. The summed E-state index contributed by atoms with van der Waals surface area (Å²) in [5.74, 6) is 0.894. The largest absolute Gasteiger partial charge is 0.496 e. The van der Waals surface area contributed by atoms with Crippen LogP contribution in [0.5, 0.6) is 5.75 Å². The predicted octanol–water partition coefficient (Wildman–Crippen LogP) is 3.61. The van der Waals surface area contributed by atoms with E-state index in [2.05, 4.69) is 42.6 Å². The molecule has 0 radical (unpaired) electrons. The molecule has 1 unspecified atom stereocenters. The van der Waals surface area contributed by atoms with Gasteiger partial charge in [-0.05, 0) is 37.0 Å². The van der Waals surface area contributed by atoms with Gasteiger partial charge in [0, 0.05) is 24.8 Å². The van der Waals surface area contributed by atoms with Crippen molar-refractivity contribution >= 4 is 0 Å². The lowest BCUT2D eigenvalue weighted by Crippen LogP contribution is -2.25. The minimum atomic E-state index is 0.264. The van der Waals surface area contributed by atoms with Crippen LogP contribution in [-0.4, -0.2) is 24.9 Å².